The van der Waals surface area contributed by atoms with Crippen LogP contribution in [-0.2, 0) is 16.4 Å². The first-order chi connectivity index (χ1) is 19.2. The van der Waals surface area contributed by atoms with Crippen molar-refractivity contribution >= 4 is 44.8 Å². The Bertz CT molecular complexity index is 1430. The van der Waals surface area contributed by atoms with Crippen molar-refractivity contribution in [3.05, 3.63) is 88.6 Å². The number of nitrogens with two attached hydrogens (primary N) is 1. The summed E-state index contributed by atoms with van der Waals surface area (Å²) in [5.74, 6) is 0.239. The minimum atomic E-state index is -3.80. The molecule has 2 aromatic rings. The molecule has 1 aromatic carbocycles. The van der Waals surface area contributed by atoms with E-state index in [0.29, 0.717) is 6.54 Å². The van der Waals surface area contributed by atoms with Crippen LogP contribution in [0.25, 0.3) is 0 Å². The van der Waals surface area contributed by atoms with Crippen molar-refractivity contribution in [3.8, 4) is 0 Å². The molecule has 4 rings (SSSR count). The van der Waals surface area contributed by atoms with Crippen LogP contribution >= 0.6 is 23.8 Å². The van der Waals surface area contributed by atoms with Crippen LogP contribution in [0.4, 0.5) is 5.82 Å². The summed E-state index contributed by atoms with van der Waals surface area (Å²) < 4.78 is 28.8. The SMILES string of the molecule is C=CC1=C(/C=C\C)C(N(Nc2ncc(S(=O)(=O)NCC3CCCN3CC)cc2Cl)C(N)=S)c2ccccc2CC1. The van der Waals surface area contributed by atoms with Gasteiger partial charge in [-0.1, -0.05) is 67.6 Å². The molecule has 1 aliphatic heterocycles. The first-order valence-electron chi connectivity index (χ1n) is 13.5. The number of anilines is 1. The summed E-state index contributed by atoms with van der Waals surface area (Å²) in [4.78, 5) is 6.66. The van der Waals surface area contributed by atoms with Gasteiger partial charge in [-0.05, 0) is 86.3 Å². The van der Waals surface area contributed by atoms with Gasteiger partial charge in [0.25, 0.3) is 0 Å². The lowest BCUT2D eigenvalue weighted by Crippen LogP contribution is -2.44. The normalized spacial score (nSPS) is 19.9. The zero-order valence-electron chi connectivity index (χ0n) is 22.9. The average Bonchev–Trinajstić information content (AvgIpc) is 3.34. The zero-order chi connectivity index (χ0) is 28.9. The van der Waals surface area contributed by atoms with Gasteiger partial charge in [0.2, 0.25) is 10.0 Å². The van der Waals surface area contributed by atoms with E-state index in [2.05, 4.69) is 45.7 Å². The number of nitrogens with zero attached hydrogens (tertiary/aromatic N) is 3. The predicted molar refractivity (Wildman–Crippen MR) is 166 cm³/mol. The van der Waals surface area contributed by atoms with Crippen LogP contribution in [0.3, 0.4) is 0 Å². The number of halogens is 1. The van der Waals surface area contributed by atoms with Crippen LogP contribution in [0, 0.1) is 0 Å². The van der Waals surface area contributed by atoms with Crippen molar-refractivity contribution in [2.75, 3.05) is 25.1 Å². The van der Waals surface area contributed by atoms with Gasteiger partial charge in [-0.3, -0.25) is 10.3 Å². The highest BCUT2D eigenvalue weighted by atomic mass is 35.5. The topological polar surface area (TPSA) is 104 Å². The second-order valence-electron chi connectivity index (χ2n) is 9.88. The number of hydrogen-bond donors (Lipinski definition) is 3. The van der Waals surface area contributed by atoms with Crippen LogP contribution in [-0.4, -0.2) is 54.1 Å². The lowest BCUT2D eigenvalue weighted by atomic mass is 9.93. The predicted octanol–water partition coefficient (Wildman–Crippen LogP) is 5.12. The molecular weight excluding hydrogens is 564 g/mol. The van der Waals surface area contributed by atoms with Crippen molar-refractivity contribution < 1.29 is 8.42 Å². The molecule has 0 spiro atoms. The van der Waals surface area contributed by atoms with Gasteiger partial charge in [0.05, 0.1) is 5.02 Å². The molecule has 2 heterocycles. The van der Waals surface area contributed by atoms with E-state index < -0.39 is 16.1 Å². The number of sulfonamides is 1. The number of thiocarbonyl (C=S) groups is 1. The minimum Gasteiger partial charge on any atom is -0.375 e. The van der Waals surface area contributed by atoms with E-state index in [4.69, 9.17) is 29.6 Å². The van der Waals surface area contributed by atoms with Crippen LogP contribution in [0.15, 0.2) is 77.4 Å². The van der Waals surface area contributed by atoms with Crippen molar-refractivity contribution in [2.45, 2.75) is 56.5 Å². The van der Waals surface area contributed by atoms with Crippen molar-refractivity contribution in [1.29, 1.82) is 0 Å². The lowest BCUT2D eigenvalue weighted by Gasteiger charge is -2.35. The Labute approximate surface area is 248 Å². The number of pyridine rings is 1. The molecule has 11 heteroatoms. The molecule has 4 N–H and O–H groups in total. The van der Waals surface area contributed by atoms with Crippen LogP contribution in [0.5, 0.6) is 0 Å². The third-order valence-electron chi connectivity index (χ3n) is 7.53. The minimum absolute atomic E-state index is 0.00535. The maximum Gasteiger partial charge on any atom is 0.242 e. The maximum absolute atomic E-state index is 13.1. The molecule has 0 radical (unpaired) electrons. The van der Waals surface area contributed by atoms with Crippen LogP contribution < -0.4 is 15.9 Å². The monoisotopic (exact) mass is 600 g/mol. The zero-order valence-corrected chi connectivity index (χ0v) is 25.3. The van der Waals surface area contributed by atoms with Crippen molar-refractivity contribution in [2.24, 2.45) is 5.73 Å². The Morgan fingerprint density at radius 1 is 1.35 bits per heavy atom. The molecule has 2 atom stereocenters. The number of allylic oxidation sites excluding steroid dienone is 3. The fourth-order valence-corrected chi connectivity index (χ4v) is 6.97. The van der Waals surface area contributed by atoms with Gasteiger partial charge in [0, 0.05) is 18.8 Å². The number of hydrogen-bond acceptors (Lipinski definition) is 6. The summed E-state index contributed by atoms with van der Waals surface area (Å²) in [5, 5.41) is 1.86. The number of benzene rings is 1. The van der Waals surface area contributed by atoms with Gasteiger partial charge in [0.15, 0.2) is 10.9 Å². The van der Waals surface area contributed by atoms with E-state index in [-0.39, 0.29) is 26.9 Å². The maximum atomic E-state index is 13.1. The number of hydrazine groups is 1. The largest absolute Gasteiger partial charge is 0.375 e. The second-order valence-corrected chi connectivity index (χ2v) is 12.5. The average molecular weight is 601 g/mol. The molecule has 1 aliphatic carbocycles. The Hall–Kier alpha value is -2.76. The first kappa shape index (κ1) is 30.2. The quantitative estimate of drug-likeness (QED) is 0.255. The van der Waals surface area contributed by atoms with Crippen LogP contribution in [0.2, 0.25) is 5.02 Å². The third-order valence-corrected chi connectivity index (χ3v) is 9.41. The van der Waals surface area contributed by atoms with E-state index in [0.717, 1.165) is 55.5 Å². The fourth-order valence-electron chi connectivity index (χ4n) is 5.50. The highest BCUT2D eigenvalue weighted by Crippen LogP contribution is 2.39. The molecule has 1 aromatic heterocycles. The Morgan fingerprint density at radius 2 is 2.12 bits per heavy atom. The van der Waals surface area contributed by atoms with E-state index in [1.807, 2.05) is 37.3 Å². The van der Waals surface area contributed by atoms with Crippen molar-refractivity contribution in [3.63, 3.8) is 0 Å². The molecule has 0 amide bonds. The number of aryl methyl sites for hydroxylation is 1. The number of aromatic nitrogens is 1. The molecule has 214 valence electrons. The molecule has 2 aliphatic rings. The molecular formula is C29H37ClN6O2S2. The number of rotatable bonds is 10. The summed E-state index contributed by atoms with van der Waals surface area (Å²) in [6.07, 6.45) is 10.9. The molecule has 1 fully saturated rings. The Kier molecular flexibility index (Phi) is 10.0. The lowest BCUT2D eigenvalue weighted by molar-refractivity contribution is 0.268. The van der Waals surface area contributed by atoms with Gasteiger partial charge >= 0.3 is 0 Å². The number of likely N-dealkylation sites (tertiary alicyclic amines) is 1. The standard InChI is InChI=1S/C29H37ClN6O2S2/c1-4-10-24-20(5-2)14-15-21-11-7-8-13-25(21)27(24)36(29(31)39)34-28-26(30)17-23(19-32-28)40(37,38)33-18-22-12-9-16-35(22)6-3/h4-5,7-8,10-11,13,17,19,22,27,33H,2,6,9,12,14-16,18H2,1,3H3,(H2,31,39)(H,32,34)/b10-4-. The fraction of sp³-hybridized carbons (Fsp3) is 0.379. The molecule has 0 bridgehead atoms. The summed E-state index contributed by atoms with van der Waals surface area (Å²) in [6.45, 7) is 10.3. The van der Waals surface area contributed by atoms with E-state index in [1.54, 1.807) is 5.01 Å². The summed E-state index contributed by atoms with van der Waals surface area (Å²) in [6, 6.07) is 9.34. The van der Waals surface area contributed by atoms with Crippen molar-refractivity contribution in [1.82, 2.24) is 19.6 Å². The molecule has 40 heavy (non-hydrogen) atoms. The molecule has 8 nitrogen and oxygen atoms in total. The Balaban J connectivity index is 1.64. The van der Waals surface area contributed by atoms with E-state index in [1.165, 1.54) is 17.8 Å². The summed E-state index contributed by atoms with van der Waals surface area (Å²) in [7, 11) is -3.80. The molecule has 2 unspecified atom stereocenters. The highest BCUT2D eigenvalue weighted by molar-refractivity contribution is 7.89. The number of likely N-dealkylation sites (N-methyl/N-ethyl adjacent to an activating group) is 1. The van der Waals surface area contributed by atoms with Gasteiger partial charge < -0.3 is 5.73 Å². The van der Waals surface area contributed by atoms with E-state index >= 15 is 0 Å². The van der Waals surface area contributed by atoms with Gasteiger partial charge in [-0.15, -0.1) is 0 Å². The summed E-state index contributed by atoms with van der Waals surface area (Å²) in [5.41, 5.74) is 13.8. The smallest absolute Gasteiger partial charge is 0.242 e. The van der Waals surface area contributed by atoms with Gasteiger partial charge in [0.1, 0.15) is 10.9 Å². The summed E-state index contributed by atoms with van der Waals surface area (Å²) >= 11 is 12.1. The number of nitrogens with one attached hydrogen (secondary N) is 2. The van der Waals surface area contributed by atoms with Crippen LogP contribution in [0.1, 0.15) is 50.3 Å². The number of fused-ring (bicyclic) bond motifs is 1. The van der Waals surface area contributed by atoms with Gasteiger partial charge in [-0.2, -0.15) is 0 Å². The highest BCUT2D eigenvalue weighted by Gasteiger charge is 2.31. The molecule has 1 saturated heterocycles. The van der Waals surface area contributed by atoms with Gasteiger partial charge in [-0.25, -0.2) is 23.1 Å². The molecule has 0 saturated carbocycles. The first-order valence-corrected chi connectivity index (χ1v) is 15.8. The second kappa shape index (κ2) is 13.3. The van der Waals surface area contributed by atoms with E-state index in [9.17, 15) is 8.42 Å². The Morgan fingerprint density at radius 3 is 2.80 bits per heavy atom. The third kappa shape index (κ3) is 6.58.